The summed E-state index contributed by atoms with van der Waals surface area (Å²) in [4.78, 5) is 38.1. The van der Waals surface area contributed by atoms with Gasteiger partial charge < -0.3 is 24.8 Å². The van der Waals surface area contributed by atoms with Crippen molar-refractivity contribution in [3.63, 3.8) is 0 Å². The molecule has 2 aliphatic heterocycles. The van der Waals surface area contributed by atoms with Crippen LogP contribution in [0.2, 0.25) is 0 Å². The highest BCUT2D eigenvalue weighted by Gasteiger charge is 2.32. The molecule has 0 aliphatic carbocycles. The van der Waals surface area contributed by atoms with Crippen molar-refractivity contribution in [2.75, 3.05) is 61.0 Å². The van der Waals surface area contributed by atoms with Crippen molar-refractivity contribution in [1.82, 2.24) is 14.9 Å². The number of nitro groups is 1. The number of benzene rings is 1. The topological polar surface area (TPSA) is 117 Å². The van der Waals surface area contributed by atoms with Gasteiger partial charge in [-0.15, -0.1) is 0 Å². The molecular formula is C24H33N7O4. The van der Waals surface area contributed by atoms with E-state index in [-0.39, 0.29) is 23.6 Å². The zero-order valence-electron chi connectivity index (χ0n) is 20.6. The number of anilines is 3. The van der Waals surface area contributed by atoms with Gasteiger partial charge in [-0.05, 0) is 44.7 Å². The van der Waals surface area contributed by atoms with E-state index in [4.69, 9.17) is 4.74 Å². The first kappa shape index (κ1) is 24.5. The van der Waals surface area contributed by atoms with Crippen LogP contribution >= 0.6 is 0 Å². The number of carbonyl (C=O) groups is 1. The van der Waals surface area contributed by atoms with E-state index in [1.165, 1.54) is 23.1 Å². The fraction of sp³-hybridized carbons (Fsp3) is 0.542. The molecule has 0 unspecified atom stereocenters. The maximum atomic E-state index is 12.1. The number of nitrogens with one attached hydrogen (secondary N) is 1. The molecule has 2 aromatic rings. The largest absolute Gasteiger partial charge is 0.450 e. The van der Waals surface area contributed by atoms with Gasteiger partial charge >= 0.3 is 11.8 Å². The first-order chi connectivity index (χ1) is 16.9. The number of piperazine rings is 1. The Morgan fingerprint density at radius 2 is 1.71 bits per heavy atom. The lowest BCUT2D eigenvalue weighted by molar-refractivity contribution is -0.383. The minimum atomic E-state index is -0.400. The molecule has 11 heteroatoms. The van der Waals surface area contributed by atoms with Crippen molar-refractivity contribution in [3.8, 4) is 0 Å². The van der Waals surface area contributed by atoms with Gasteiger partial charge in [0.1, 0.15) is 6.33 Å². The Morgan fingerprint density at radius 1 is 1.09 bits per heavy atom. The Balaban J connectivity index is 1.45. The van der Waals surface area contributed by atoms with Crippen LogP contribution in [-0.4, -0.2) is 77.8 Å². The molecule has 3 heterocycles. The number of ether oxygens (including phenoxy) is 1. The van der Waals surface area contributed by atoms with Crippen LogP contribution < -0.4 is 15.1 Å². The van der Waals surface area contributed by atoms with Crippen LogP contribution in [0.1, 0.15) is 30.9 Å². The number of carbonyl (C=O) groups excluding carboxylic acids is 1. The number of para-hydroxylation sites is 1. The number of amides is 1. The van der Waals surface area contributed by atoms with Crippen LogP contribution in [-0.2, 0) is 4.74 Å². The van der Waals surface area contributed by atoms with Crippen LogP contribution in [0, 0.1) is 24.0 Å². The molecule has 0 bridgehead atoms. The summed E-state index contributed by atoms with van der Waals surface area (Å²) in [5.41, 5.74) is 3.60. The summed E-state index contributed by atoms with van der Waals surface area (Å²) in [6.07, 6.45) is 2.38. The highest BCUT2D eigenvalue weighted by molar-refractivity contribution is 5.71. The van der Waals surface area contributed by atoms with Gasteiger partial charge in [0.25, 0.3) is 0 Å². The number of piperidine rings is 1. The lowest BCUT2D eigenvalue weighted by Crippen LogP contribution is -2.47. The van der Waals surface area contributed by atoms with Crippen LogP contribution in [0.3, 0.4) is 0 Å². The molecule has 0 atom stereocenters. The summed E-state index contributed by atoms with van der Waals surface area (Å²) in [5, 5.41) is 15.3. The highest BCUT2D eigenvalue weighted by atomic mass is 16.6. The summed E-state index contributed by atoms with van der Waals surface area (Å²) in [6.45, 7) is 10.2. The Kier molecular flexibility index (Phi) is 7.52. The number of hydrogen-bond acceptors (Lipinski definition) is 9. The second kappa shape index (κ2) is 10.7. The second-order valence-corrected chi connectivity index (χ2v) is 8.97. The van der Waals surface area contributed by atoms with E-state index in [0.717, 1.165) is 13.1 Å². The third-order valence-electron chi connectivity index (χ3n) is 6.68. The fourth-order valence-corrected chi connectivity index (χ4v) is 4.94. The fourth-order valence-electron chi connectivity index (χ4n) is 4.94. The number of rotatable bonds is 6. The summed E-state index contributed by atoms with van der Waals surface area (Å²) in [5.74, 6) is 0.573. The normalized spacial score (nSPS) is 16.8. The smallest absolute Gasteiger partial charge is 0.409 e. The zero-order valence-corrected chi connectivity index (χ0v) is 20.6. The van der Waals surface area contributed by atoms with E-state index in [1.807, 2.05) is 4.90 Å². The van der Waals surface area contributed by atoms with Crippen LogP contribution in [0.15, 0.2) is 24.5 Å². The van der Waals surface area contributed by atoms with E-state index in [2.05, 4.69) is 52.2 Å². The number of likely N-dealkylation sites (tertiary alicyclic amines) is 1. The number of nitrogens with zero attached hydrogens (tertiary/aromatic N) is 6. The minimum Gasteiger partial charge on any atom is -0.450 e. The Labute approximate surface area is 205 Å². The van der Waals surface area contributed by atoms with Gasteiger partial charge in [-0.1, -0.05) is 18.2 Å². The summed E-state index contributed by atoms with van der Waals surface area (Å²) >= 11 is 0. The first-order valence-electron chi connectivity index (χ1n) is 12.1. The van der Waals surface area contributed by atoms with Gasteiger partial charge in [0, 0.05) is 51.0 Å². The summed E-state index contributed by atoms with van der Waals surface area (Å²) < 4.78 is 5.06. The van der Waals surface area contributed by atoms with E-state index < -0.39 is 4.92 Å². The average Bonchev–Trinajstić information content (AvgIpc) is 2.85. The van der Waals surface area contributed by atoms with E-state index in [9.17, 15) is 14.9 Å². The standard InChI is InChI=1S/C24H33N7O4/c1-4-35-24(32)30-10-8-19(9-11-30)27-22-21(31(33)34)23(26-16-25-22)29-14-12-28(13-15-29)20-17(2)6-5-7-18(20)3/h5-7,16,19H,4,8-15H2,1-3H3,(H,25,26,27). The lowest BCUT2D eigenvalue weighted by Gasteiger charge is -2.38. The third kappa shape index (κ3) is 5.39. The first-order valence-corrected chi connectivity index (χ1v) is 12.1. The van der Waals surface area contributed by atoms with E-state index in [1.54, 1.807) is 11.8 Å². The van der Waals surface area contributed by atoms with Crippen molar-refractivity contribution in [2.45, 2.75) is 39.7 Å². The van der Waals surface area contributed by atoms with Crippen molar-refractivity contribution in [3.05, 3.63) is 45.8 Å². The Morgan fingerprint density at radius 3 is 2.31 bits per heavy atom. The van der Waals surface area contributed by atoms with Crippen molar-refractivity contribution in [1.29, 1.82) is 0 Å². The van der Waals surface area contributed by atoms with Gasteiger partial charge in [-0.3, -0.25) is 10.1 Å². The minimum absolute atomic E-state index is 0.0250. The van der Waals surface area contributed by atoms with Crippen LogP contribution in [0.5, 0.6) is 0 Å². The highest BCUT2D eigenvalue weighted by Crippen LogP contribution is 2.34. The predicted octanol–water partition coefficient (Wildman–Crippen LogP) is 3.36. The third-order valence-corrected chi connectivity index (χ3v) is 6.68. The van der Waals surface area contributed by atoms with Crippen molar-refractivity contribution < 1.29 is 14.5 Å². The van der Waals surface area contributed by atoms with Gasteiger partial charge in [0.15, 0.2) is 0 Å². The maximum absolute atomic E-state index is 12.1. The summed E-state index contributed by atoms with van der Waals surface area (Å²) in [7, 11) is 0. The number of aryl methyl sites for hydroxylation is 2. The van der Waals surface area contributed by atoms with Crippen molar-refractivity contribution >= 4 is 29.1 Å². The average molecular weight is 484 g/mol. The molecule has 4 rings (SSSR count). The van der Waals surface area contributed by atoms with Gasteiger partial charge in [-0.2, -0.15) is 0 Å². The predicted molar refractivity (Wildman–Crippen MR) is 134 cm³/mol. The molecule has 0 saturated carbocycles. The second-order valence-electron chi connectivity index (χ2n) is 8.97. The molecule has 0 radical (unpaired) electrons. The number of aromatic nitrogens is 2. The van der Waals surface area contributed by atoms with E-state index in [0.29, 0.717) is 51.4 Å². The zero-order chi connectivity index (χ0) is 24.9. The molecule has 0 spiro atoms. The lowest BCUT2D eigenvalue weighted by atomic mass is 10.1. The molecule has 1 aromatic heterocycles. The number of hydrogen-bond donors (Lipinski definition) is 1. The van der Waals surface area contributed by atoms with Crippen molar-refractivity contribution in [2.24, 2.45) is 0 Å². The molecule has 2 saturated heterocycles. The molecular weight excluding hydrogens is 450 g/mol. The van der Waals surface area contributed by atoms with Gasteiger partial charge in [0.05, 0.1) is 11.5 Å². The molecule has 1 amide bonds. The van der Waals surface area contributed by atoms with Gasteiger partial charge in [-0.25, -0.2) is 14.8 Å². The molecule has 1 aromatic carbocycles. The monoisotopic (exact) mass is 483 g/mol. The Bertz CT molecular complexity index is 1040. The maximum Gasteiger partial charge on any atom is 0.409 e. The van der Waals surface area contributed by atoms with E-state index >= 15 is 0 Å². The molecule has 2 fully saturated rings. The molecule has 35 heavy (non-hydrogen) atoms. The molecule has 2 aliphatic rings. The quantitative estimate of drug-likeness (QED) is 0.487. The van der Waals surface area contributed by atoms with Gasteiger partial charge in [0.2, 0.25) is 11.6 Å². The Hall–Kier alpha value is -3.63. The van der Waals surface area contributed by atoms with Crippen LogP contribution in [0.4, 0.5) is 27.8 Å². The summed E-state index contributed by atoms with van der Waals surface area (Å²) in [6, 6.07) is 6.25. The SMILES string of the molecule is CCOC(=O)N1CCC(Nc2ncnc(N3CCN(c4c(C)cccc4C)CC3)c2[N+](=O)[O-])CC1. The molecule has 11 nitrogen and oxygen atoms in total. The molecule has 188 valence electrons. The van der Waals surface area contributed by atoms with Crippen LogP contribution in [0.25, 0.3) is 0 Å². The molecule has 1 N–H and O–H groups in total.